The van der Waals surface area contributed by atoms with E-state index in [1.807, 2.05) is 6.07 Å². The summed E-state index contributed by atoms with van der Waals surface area (Å²) >= 11 is 5.90. The monoisotopic (exact) mass is 384 g/mol. The molecule has 0 radical (unpaired) electrons. The van der Waals surface area contributed by atoms with Crippen molar-refractivity contribution in [2.45, 2.75) is 20.0 Å². The fourth-order valence-corrected chi connectivity index (χ4v) is 2.22. The maximum absolute atomic E-state index is 12.7. The summed E-state index contributed by atoms with van der Waals surface area (Å²) in [6.45, 7) is 2.64. The van der Waals surface area contributed by atoms with Crippen LogP contribution >= 0.6 is 11.6 Å². The number of aromatic nitrogens is 2. The van der Waals surface area contributed by atoms with Crippen molar-refractivity contribution < 1.29 is 22.8 Å². The molecule has 0 spiro atoms. The number of nitriles is 1. The molecule has 1 aromatic heterocycles. The zero-order chi connectivity index (χ0) is 19.6. The van der Waals surface area contributed by atoms with Crippen LogP contribution < -0.4 is 5.32 Å². The molecule has 2 aromatic rings. The van der Waals surface area contributed by atoms with Gasteiger partial charge in [0.05, 0.1) is 28.4 Å². The minimum absolute atomic E-state index is 0.0370. The zero-order valence-corrected chi connectivity index (χ0v) is 14.3. The number of carbonyl (C=O) groups excluding carboxylic acids is 2. The Morgan fingerprint density at radius 3 is 2.54 bits per heavy atom. The molecule has 0 bridgehead atoms. The molecule has 1 unspecified atom stereocenters. The fraction of sp³-hybridized carbons (Fsp3) is 0.250. The van der Waals surface area contributed by atoms with Crippen LogP contribution in [0.4, 0.5) is 19.0 Å². The number of halogens is 4. The molecule has 1 N–H and O–H groups in total. The number of ketones is 1. The number of nitrogens with zero attached hydrogens (tertiary/aromatic N) is 3. The lowest BCUT2D eigenvalue weighted by molar-refractivity contribution is -0.137. The summed E-state index contributed by atoms with van der Waals surface area (Å²) in [6, 6.07) is 4.47. The SMILES string of the molecule is CC(=O)C(C)C(=O)Nc1nn(-c2ccc(C(F)(F)F)cc2Cl)cc1C#N. The van der Waals surface area contributed by atoms with Gasteiger partial charge in [0.1, 0.15) is 17.4 Å². The molecule has 0 aliphatic carbocycles. The normalized spacial score (nSPS) is 12.3. The van der Waals surface area contributed by atoms with E-state index in [-0.39, 0.29) is 27.9 Å². The quantitative estimate of drug-likeness (QED) is 0.816. The second-order valence-electron chi connectivity index (χ2n) is 5.43. The summed E-state index contributed by atoms with van der Waals surface area (Å²) < 4.78 is 39.2. The van der Waals surface area contributed by atoms with Crippen molar-refractivity contribution in [2.24, 2.45) is 5.92 Å². The third-order valence-corrected chi connectivity index (χ3v) is 3.90. The van der Waals surface area contributed by atoms with Crippen LogP contribution in [0.2, 0.25) is 5.02 Å². The van der Waals surface area contributed by atoms with E-state index < -0.39 is 23.6 Å². The van der Waals surface area contributed by atoms with Crippen LogP contribution in [-0.2, 0) is 15.8 Å². The molecule has 0 saturated carbocycles. The number of alkyl halides is 3. The van der Waals surface area contributed by atoms with Gasteiger partial charge in [-0.3, -0.25) is 9.59 Å². The summed E-state index contributed by atoms with van der Waals surface area (Å²) in [4.78, 5) is 23.2. The third kappa shape index (κ3) is 4.03. The average Bonchev–Trinajstić information content (AvgIpc) is 2.95. The van der Waals surface area contributed by atoms with E-state index >= 15 is 0 Å². The summed E-state index contributed by atoms with van der Waals surface area (Å²) in [7, 11) is 0. The van der Waals surface area contributed by atoms with Crippen molar-refractivity contribution in [1.29, 1.82) is 5.26 Å². The molecule has 1 amide bonds. The minimum atomic E-state index is -4.55. The number of hydrogen-bond donors (Lipinski definition) is 1. The van der Waals surface area contributed by atoms with E-state index in [9.17, 15) is 22.8 Å². The van der Waals surface area contributed by atoms with Crippen molar-refractivity contribution in [3.05, 3.63) is 40.5 Å². The predicted octanol–water partition coefficient (Wildman–Crippen LogP) is 3.58. The number of carbonyl (C=O) groups is 2. The molecular formula is C16H12ClF3N4O2. The van der Waals surface area contributed by atoms with Crippen LogP contribution in [0, 0.1) is 17.2 Å². The number of rotatable bonds is 4. The second kappa shape index (κ2) is 7.17. The molecule has 0 aliphatic rings. The maximum Gasteiger partial charge on any atom is 0.416 e. The number of hydrogen-bond acceptors (Lipinski definition) is 4. The van der Waals surface area contributed by atoms with Gasteiger partial charge in [-0.15, -0.1) is 5.10 Å². The van der Waals surface area contributed by atoms with E-state index in [4.69, 9.17) is 16.9 Å². The van der Waals surface area contributed by atoms with Crippen LogP contribution in [-0.4, -0.2) is 21.5 Å². The molecule has 10 heteroatoms. The topological polar surface area (TPSA) is 87.8 Å². The van der Waals surface area contributed by atoms with E-state index in [0.29, 0.717) is 0 Å². The van der Waals surface area contributed by atoms with Gasteiger partial charge >= 0.3 is 6.18 Å². The summed E-state index contributed by atoms with van der Waals surface area (Å²) in [6.07, 6.45) is -3.34. The first-order valence-corrected chi connectivity index (χ1v) is 7.60. The van der Waals surface area contributed by atoms with Gasteiger partial charge in [-0.25, -0.2) is 4.68 Å². The Balaban J connectivity index is 2.39. The van der Waals surface area contributed by atoms with Crippen molar-refractivity contribution in [3.8, 4) is 11.8 Å². The number of anilines is 1. The summed E-state index contributed by atoms with van der Waals surface area (Å²) in [5.74, 6) is -2.09. The van der Waals surface area contributed by atoms with Gasteiger partial charge in [0.15, 0.2) is 5.82 Å². The minimum Gasteiger partial charge on any atom is -0.307 e. The molecule has 136 valence electrons. The van der Waals surface area contributed by atoms with Crippen LogP contribution in [0.3, 0.4) is 0 Å². The van der Waals surface area contributed by atoms with Crippen LogP contribution in [0.15, 0.2) is 24.4 Å². The standard InChI is InChI=1S/C16H12ClF3N4O2/c1-8(9(2)25)15(26)22-14-10(6-21)7-24(23-14)13-4-3-11(5-12(13)17)16(18,19)20/h3-5,7-8H,1-2H3,(H,22,23,26). The van der Waals surface area contributed by atoms with E-state index in [0.717, 1.165) is 22.9 Å². The highest BCUT2D eigenvalue weighted by atomic mass is 35.5. The van der Waals surface area contributed by atoms with Crippen LogP contribution in [0.25, 0.3) is 5.69 Å². The first-order chi connectivity index (χ1) is 12.0. The number of benzene rings is 1. The Morgan fingerprint density at radius 1 is 1.38 bits per heavy atom. The van der Waals surface area contributed by atoms with Gasteiger partial charge in [-0.05, 0) is 32.0 Å². The molecular weight excluding hydrogens is 373 g/mol. The van der Waals surface area contributed by atoms with Gasteiger partial charge < -0.3 is 5.32 Å². The molecule has 2 rings (SSSR count). The Labute approximate surface area is 151 Å². The highest BCUT2D eigenvalue weighted by Gasteiger charge is 2.31. The molecule has 0 saturated heterocycles. The van der Waals surface area contributed by atoms with Crippen LogP contribution in [0.5, 0.6) is 0 Å². The smallest absolute Gasteiger partial charge is 0.307 e. The lowest BCUT2D eigenvalue weighted by atomic mass is 10.1. The van der Waals surface area contributed by atoms with E-state index in [1.54, 1.807) is 0 Å². The third-order valence-electron chi connectivity index (χ3n) is 3.60. The van der Waals surface area contributed by atoms with E-state index in [1.165, 1.54) is 20.0 Å². The lowest BCUT2D eigenvalue weighted by Gasteiger charge is -2.10. The van der Waals surface area contributed by atoms with E-state index in [2.05, 4.69) is 10.4 Å². The Morgan fingerprint density at radius 2 is 2.04 bits per heavy atom. The fourth-order valence-electron chi connectivity index (χ4n) is 1.95. The molecule has 0 aliphatic heterocycles. The predicted molar refractivity (Wildman–Crippen MR) is 86.8 cm³/mol. The first-order valence-electron chi connectivity index (χ1n) is 7.22. The molecule has 26 heavy (non-hydrogen) atoms. The Kier molecular flexibility index (Phi) is 5.37. The van der Waals surface area contributed by atoms with Gasteiger partial charge in [0, 0.05) is 0 Å². The number of amides is 1. The maximum atomic E-state index is 12.7. The number of nitrogens with one attached hydrogen (secondary N) is 1. The zero-order valence-electron chi connectivity index (χ0n) is 13.6. The van der Waals surface area contributed by atoms with Gasteiger partial charge in [-0.2, -0.15) is 18.4 Å². The molecule has 1 heterocycles. The Hall–Kier alpha value is -2.86. The lowest BCUT2D eigenvalue weighted by Crippen LogP contribution is -2.26. The number of Topliss-reactive ketones (excluding diaryl/α,β-unsaturated/α-hetero) is 1. The molecule has 6 nitrogen and oxygen atoms in total. The van der Waals surface area contributed by atoms with Gasteiger partial charge in [0.2, 0.25) is 5.91 Å². The van der Waals surface area contributed by atoms with Gasteiger partial charge in [0.25, 0.3) is 0 Å². The highest BCUT2D eigenvalue weighted by molar-refractivity contribution is 6.32. The summed E-state index contributed by atoms with van der Waals surface area (Å²) in [5.41, 5.74) is -0.871. The largest absolute Gasteiger partial charge is 0.416 e. The van der Waals surface area contributed by atoms with Crippen molar-refractivity contribution in [3.63, 3.8) is 0 Å². The van der Waals surface area contributed by atoms with Crippen molar-refractivity contribution in [1.82, 2.24) is 9.78 Å². The van der Waals surface area contributed by atoms with Gasteiger partial charge in [-0.1, -0.05) is 11.6 Å². The van der Waals surface area contributed by atoms with Crippen molar-refractivity contribution in [2.75, 3.05) is 5.32 Å². The second-order valence-corrected chi connectivity index (χ2v) is 5.84. The Bertz CT molecular complexity index is 915. The van der Waals surface area contributed by atoms with Crippen molar-refractivity contribution >= 4 is 29.1 Å². The average molecular weight is 385 g/mol. The highest BCUT2D eigenvalue weighted by Crippen LogP contribution is 2.33. The molecule has 1 atom stereocenters. The first kappa shape index (κ1) is 19.5. The van der Waals surface area contributed by atoms with Crippen LogP contribution in [0.1, 0.15) is 25.0 Å². The molecule has 0 fully saturated rings. The summed E-state index contributed by atoms with van der Waals surface area (Å²) in [5, 5.41) is 15.2. The molecule has 1 aromatic carbocycles.